The molecule has 0 fully saturated rings. The average molecular weight is 441 g/mol. The second-order valence-corrected chi connectivity index (χ2v) is 6.51. The summed E-state index contributed by atoms with van der Waals surface area (Å²) in [4.78, 5) is 13.1. The van der Waals surface area contributed by atoms with Crippen molar-refractivity contribution in [1.82, 2.24) is 4.90 Å². The van der Waals surface area contributed by atoms with Crippen molar-refractivity contribution in [2.45, 2.75) is 25.7 Å². The fraction of sp³-hybridized carbons (Fsp3) is 0.312. The van der Waals surface area contributed by atoms with Crippen LogP contribution in [0, 0.1) is 0 Å². The van der Waals surface area contributed by atoms with Gasteiger partial charge in [0.15, 0.2) is 6.10 Å². The number of furan rings is 1. The van der Waals surface area contributed by atoms with Gasteiger partial charge >= 0.3 is 6.18 Å². The summed E-state index contributed by atoms with van der Waals surface area (Å²) in [7, 11) is 0. The van der Waals surface area contributed by atoms with E-state index in [9.17, 15) is 18.0 Å². The Labute approximate surface area is 155 Å². The number of nitrogens with zero attached hydrogens (tertiary/aromatic N) is 1. The van der Waals surface area contributed by atoms with Crippen LogP contribution < -0.4 is 4.74 Å². The molecule has 0 aliphatic heterocycles. The van der Waals surface area contributed by atoms with Gasteiger partial charge in [-0.05, 0) is 53.2 Å². The minimum Gasteiger partial charge on any atom is -0.480 e. The Morgan fingerprint density at radius 3 is 2.68 bits per heavy atom. The van der Waals surface area contributed by atoms with Crippen LogP contribution in [0.2, 0.25) is 5.02 Å². The third-order valence-corrected chi connectivity index (χ3v) is 4.01. The van der Waals surface area contributed by atoms with Crippen LogP contribution in [0.25, 0.3) is 0 Å². The van der Waals surface area contributed by atoms with Gasteiger partial charge in [-0.2, -0.15) is 13.2 Å². The molecule has 0 radical (unpaired) electrons. The second kappa shape index (κ2) is 8.14. The Balaban J connectivity index is 2.13. The van der Waals surface area contributed by atoms with Gasteiger partial charge < -0.3 is 14.1 Å². The van der Waals surface area contributed by atoms with Crippen molar-refractivity contribution in [3.63, 3.8) is 0 Å². The van der Waals surface area contributed by atoms with Gasteiger partial charge in [0.05, 0.1) is 17.3 Å². The molecular weight excluding hydrogens is 427 g/mol. The van der Waals surface area contributed by atoms with Crippen molar-refractivity contribution in [2.24, 2.45) is 0 Å². The van der Waals surface area contributed by atoms with Gasteiger partial charge in [0.25, 0.3) is 5.91 Å². The third-order valence-electron chi connectivity index (χ3n) is 3.15. The number of hydrogen-bond donors (Lipinski definition) is 0. The molecule has 25 heavy (non-hydrogen) atoms. The maximum Gasteiger partial charge on any atom is 0.406 e. The Hall–Kier alpha value is -1.67. The molecule has 9 heteroatoms. The van der Waals surface area contributed by atoms with Gasteiger partial charge in [-0.3, -0.25) is 4.79 Å². The Kier molecular flexibility index (Phi) is 6.40. The van der Waals surface area contributed by atoms with Crippen LogP contribution >= 0.6 is 27.5 Å². The number of rotatable bonds is 6. The average Bonchev–Trinajstić information content (AvgIpc) is 3.00. The normalized spacial score (nSPS) is 12.7. The van der Waals surface area contributed by atoms with Crippen LogP contribution in [0.5, 0.6) is 5.75 Å². The summed E-state index contributed by atoms with van der Waals surface area (Å²) in [6.07, 6.45) is -4.34. The largest absolute Gasteiger partial charge is 0.480 e. The van der Waals surface area contributed by atoms with Crippen molar-refractivity contribution < 1.29 is 27.1 Å². The summed E-state index contributed by atoms with van der Waals surface area (Å²) in [5.41, 5.74) is 0. The number of alkyl halides is 3. The molecule has 0 saturated carbocycles. The molecule has 0 bridgehead atoms. The lowest BCUT2D eigenvalue weighted by Gasteiger charge is -2.26. The zero-order chi connectivity index (χ0) is 18.6. The SMILES string of the molecule is CC(Oc1ccc(Cl)cc1Br)C(=O)N(Cc1ccco1)CC(F)(F)F. The Morgan fingerprint density at radius 1 is 1.40 bits per heavy atom. The lowest BCUT2D eigenvalue weighted by Crippen LogP contribution is -2.44. The minimum absolute atomic E-state index is 0.248. The Morgan fingerprint density at radius 2 is 2.12 bits per heavy atom. The monoisotopic (exact) mass is 439 g/mol. The highest BCUT2D eigenvalue weighted by Gasteiger charge is 2.35. The van der Waals surface area contributed by atoms with E-state index >= 15 is 0 Å². The van der Waals surface area contributed by atoms with E-state index in [-0.39, 0.29) is 12.3 Å². The molecule has 2 aromatic rings. The number of carbonyl (C=O) groups is 1. The smallest absolute Gasteiger partial charge is 0.406 e. The summed E-state index contributed by atoms with van der Waals surface area (Å²) in [5.74, 6) is -0.261. The van der Waals surface area contributed by atoms with Crippen molar-refractivity contribution in [3.8, 4) is 5.75 Å². The van der Waals surface area contributed by atoms with Gasteiger partial charge in [0.1, 0.15) is 18.1 Å². The number of benzene rings is 1. The molecule has 0 aliphatic rings. The third kappa shape index (κ3) is 5.97. The summed E-state index contributed by atoms with van der Waals surface area (Å²) < 4.78 is 49.4. The molecular formula is C16H14BrClF3NO3. The van der Waals surface area contributed by atoms with Crippen LogP contribution in [0.3, 0.4) is 0 Å². The lowest BCUT2D eigenvalue weighted by atomic mass is 10.3. The van der Waals surface area contributed by atoms with E-state index in [0.717, 1.165) is 0 Å². The fourth-order valence-electron chi connectivity index (χ4n) is 2.09. The molecule has 4 nitrogen and oxygen atoms in total. The highest BCUT2D eigenvalue weighted by Crippen LogP contribution is 2.29. The van der Waals surface area contributed by atoms with Crippen molar-refractivity contribution in [1.29, 1.82) is 0 Å². The Bertz CT molecular complexity index is 722. The molecule has 1 aromatic carbocycles. The quantitative estimate of drug-likeness (QED) is 0.631. The van der Waals surface area contributed by atoms with Crippen LogP contribution in [0.4, 0.5) is 13.2 Å². The number of ether oxygens (including phenoxy) is 1. The molecule has 0 saturated heterocycles. The number of carbonyl (C=O) groups excluding carboxylic acids is 1. The van der Waals surface area contributed by atoms with E-state index in [2.05, 4.69) is 15.9 Å². The molecule has 136 valence electrons. The van der Waals surface area contributed by atoms with Gasteiger partial charge in [0, 0.05) is 5.02 Å². The number of amides is 1. The highest BCUT2D eigenvalue weighted by molar-refractivity contribution is 9.10. The van der Waals surface area contributed by atoms with Crippen LogP contribution in [0.15, 0.2) is 45.5 Å². The molecule has 0 N–H and O–H groups in total. The summed E-state index contributed by atoms with van der Waals surface area (Å²) in [5, 5.41) is 0.453. The molecule has 1 atom stereocenters. The van der Waals surface area contributed by atoms with Crippen LogP contribution in [-0.2, 0) is 11.3 Å². The standard InChI is InChI=1S/C16H14BrClF3NO3/c1-10(25-14-5-4-11(18)7-13(14)17)15(23)22(9-16(19,20)21)8-12-3-2-6-24-12/h2-7,10H,8-9H2,1H3. The van der Waals surface area contributed by atoms with Gasteiger partial charge in [-0.1, -0.05) is 11.6 Å². The van der Waals surface area contributed by atoms with E-state index in [0.29, 0.717) is 20.1 Å². The molecule has 0 spiro atoms. The van der Waals surface area contributed by atoms with E-state index in [1.54, 1.807) is 12.1 Å². The maximum atomic E-state index is 12.8. The van der Waals surface area contributed by atoms with Crippen molar-refractivity contribution in [3.05, 3.63) is 51.9 Å². The summed E-state index contributed by atoms with van der Waals surface area (Å²) >= 11 is 9.05. The first-order valence-corrected chi connectivity index (χ1v) is 8.32. The molecule has 1 aromatic heterocycles. The van der Waals surface area contributed by atoms with Crippen LogP contribution in [0.1, 0.15) is 12.7 Å². The summed E-state index contributed by atoms with van der Waals surface area (Å²) in [6.45, 7) is -0.322. The number of halogens is 5. The molecule has 0 aliphatic carbocycles. The molecule has 2 rings (SSSR count). The zero-order valence-corrected chi connectivity index (χ0v) is 15.4. The second-order valence-electron chi connectivity index (χ2n) is 5.22. The van der Waals surface area contributed by atoms with E-state index in [4.69, 9.17) is 20.8 Å². The van der Waals surface area contributed by atoms with E-state index in [1.165, 1.54) is 31.4 Å². The highest BCUT2D eigenvalue weighted by atomic mass is 79.9. The zero-order valence-electron chi connectivity index (χ0n) is 13.0. The molecule has 1 unspecified atom stereocenters. The van der Waals surface area contributed by atoms with E-state index in [1.807, 2.05) is 0 Å². The number of hydrogen-bond acceptors (Lipinski definition) is 3. The predicted octanol–water partition coefficient (Wildman–Crippen LogP) is 5.05. The van der Waals surface area contributed by atoms with Gasteiger partial charge in [-0.25, -0.2) is 0 Å². The van der Waals surface area contributed by atoms with Gasteiger partial charge in [-0.15, -0.1) is 0 Å². The van der Waals surface area contributed by atoms with Crippen molar-refractivity contribution in [2.75, 3.05) is 6.54 Å². The fourth-order valence-corrected chi connectivity index (χ4v) is 2.86. The minimum atomic E-state index is -4.54. The summed E-state index contributed by atoms with van der Waals surface area (Å²) in [6, 6.07) is 7.67. The van der Waals surface area contributed by atoms with Gasteiger partial charge in [0.2, 0.25) is 0 Å². The first-order chi connectivity index (χ1) is 11.7. The lowest BCUT2D eigenvalue weighted by molar-refractivity contribution is -0.166. The van der Waals surface area contributed by atoms with Crippen LogP contribution in [-0.4, -0.2) is 29.6 Å². The first kappa shape index (κ1) is 19.7. The predicted molar refractivity (Wildman–Crippen MR) is 89.4 cm³/mol. The van der Waals surface area contributed by atoms with Crippen molar-refractivity contribution >= 4 is 33.4 Å². The molecule has 1 amide bonds. The first-order valence-electron chi connectivity index (χ1n) is 7.15. The van der Waals surface area contributed by atoms with E-state index < -0.39 is 24.7 Å². The molecule has 1 heterocycles. The topological polar surface area (TPSA) is 42.7 Å². The maximum absolute atomic E-state index is 12.8.